The molecule has 0 unspecified atom stereocenters. The summed E-state index contributed by atoms with van der Waals surface area (Å²) in [6, 6.07) is 13.5. The second kappa shape index (κ2) is 9.65. The maximum absolute atomic E-state index is 13.6. The van der Waals surface area contributed by atoms with E-state index in [0.717, 1.165) is 41.3 Å². The van der Waals surface area contributed by atoms with Gasteiger partial charge in [0, 0.05) is 38.3 Å². The van der Waals surface area contributed by atoms with Gasteiger partial charge in [-0.3, -0.25) is 15.0 Å². The Balaban J connectivity index is 1.15. The maximum atomic E-state index is 13.6. The van der Waals surface area contributed by atoms with E-state index in [2.05, 4.69) is 9.99 Å². The van der Waals surface area contributed by atoms with E-state index >= 15 is 0 Å². The van der Waals surface area contributed by atoms with Gasteiger partial charge in [-0.05, 0) is 92.8 Å². The van der Waals surface area contributed by atoms with Crippen LogP contribution in [0.2, 0.25) is 10.0 Å². The highest BCUT2D eigenvalue weighted by molar-refractivity contribution is 8.26. The second-order valence-corrected chi connectivity index (χ2v) is 14.1. The number of nitrogens with zero attached hydrogens (tertiary/aromatic N) is 2. The molecule has 5 fully saturated rings. The first kappa shape index (κ1) is 25.6. The molecule has 0 atom stereocenters. The summed E-state index contributed by atoms with van der Waals surface area (Å²) in [5.74, 6) is 1.62. The zero-order valence-corrected chi connectivity index (χ0v) is 24.3. The molecule has 2 aromatic carbocycles. The zero-order chi connectivity index (χ0) is 26.9. The van der Waals surface area contributed by atoms with Crippen LogP contribution >= 0.6 is 47.2 Å². The van der Waals surface area contributed by atoms with Crippen LogP contribution in [0.25, 0.3) is 17.0 Å². The van der Waals surface area contributed by atoms with Gasteiger partial charge in [0.25, 0.3) is 5.91 Å². The molecule has 1 N–H and O–H groups in total. The molecule has 3 aromatic rings. The Labute approximate surface area is 246 Å². The van der Waals surface area contributed by atoms with Crippen LogP contribution in [0.1, 0.15) is 49.7 Å². The van der Waals surface area contributed by atoms with Gasteiger partial charge in [0.2, 0.25) is 5.91 Å². The van der Waals surface area contributed by atoms with Crippen LogP contribution in [0.5, 0.6) is 0 Å². The highest BCUT2D eigenvalue weighted by Crippen LogP contribution is 2.60. The van der Waals surface area contributed by atoms with E-state index in [9.17, 15) is 9.59 Å². The number of halogens is 2. The van der Waals surface area contributed by atoms with E-state index in [-0.39, 0.29) is 17.2 Å². The second-order valence-electron chi connectivity index (χ2n) is 11.6. The number of rotatable bonds is 5. The van der Waals surface area contributed by atoms with Crippen molar-refractivity contribution >= 4 is 80.3 Å². The summed E-state index contributed by atoms with van der Waals surface area (Å²) in [6.45, 7) is 0.495. The van der Waals surface area contributed by atoms with Crippen molar-refractivity contribution < 1.29 is 9.59 Å². The number of aromatic nitrogens is 1. The number of carbonyl (C=O) groups excluding carboxylic acids is 2. The van der Waals surface area contributed by atoms with E-state index in [1.165, 1.54) is 36.0 Å². The fourth-order valence-corrected chi connectivity index (χ4v) is 9.38. The number of hydrogen-bond acceptors (Lipinski definition) is 4. The normalized spacial score (nSPS) is 28.7. The average Bonchev–Trinajstić information content (AvgIpc) is 3.37. The van der Waals surface area contributed by atoms with Crippen LogP contribution in [-0.4, -0.2) is 25.7 Å². The molecule has 2 heterocycles. The van der Waals surface area contributed by atoms with Gasteiger partial charge in [-0.15, -0.1) is 0 Å². The fourth-order valence-electron chi connectivity index (χ4n) is 7.69. The Morgan fingerprint density at radius 3 is 2.33 bits per heavy atom. The molecular formula is C30H27Cl2N3O2S2. The van der Waals surface area contributed by atoms with Crippen molar-refractivity contribution in [2.45, 2.75) is 45.1 Å². The Bertz CT molecular complexity index is 1520. The number of hydrazine groups is 1. The lowest BCUT2D eigenvalue weighted by atomic mass is 9.49. The Morgan fingerprint density at radius 1 is 1.03 bits per heavy atom. The lowest BCUT2D eigenvalue weighted by Gasteiger charge is -2.55. The van der Waals surface area contributed by atoms with Crippen molar-refractivity contribution in [3.05, 3.63) is 74.7 Å². The first-order chi connectivity index (χ1) is 18.8. The smallest absolute Gasteiger partial charge is 0.285 e. The maximum Gasteiger partial charge on any atom is 0.285 e. The molecule has 5 nitrogen and oxygen atoms in total. The summed E-state index contributed by atoms with van der Waals surface area (Å²) in [4.78, 5) is 27.6. The predicted octanol–water partition coefficient (Wildman–Crippen LogP) is 7.45. The molecule has 39 heavy (non-hydrogen) atoms. The summed E-state index contributed by atoms with van der Waals surface area (Å²) in [6.07, 6.45) is 10.4. The zero-order valence-electron chi connectivity index (χ0n) is 21.2. The number of nitrogens with one attached hydrogen (secondary N) is 1. The summed E-state index contributed by atoms with van der Waals surface area (Å²) in [7, 11) is 0. The third-order valence-electron chi connectivity index (χ3n) is 9.02. The molecule has 4 aliphatic carbocycles. The van der Waals surface area contributed by atoms with Gasteiger partial charge in [-0.1, -0.05) is 59.2 Å². The largest absolute Gasteiger partial charge is 0.342 e. The molecule has 4 bridgehead atoms. The number of thioether (sulfide) groups is 1. The van der Waals surface area contributed by atoms with Crippen LogP contribution < -0.4 is 5.43 Å². The van der Waals surface area contributed by atoms with Gasteiger partial charge in [0.05, 0.1) is 16.9 Å². The van der Waals surface area contributed by atoms with Crippen LogP contribution in [-0.2, 0) is 16.1 Å². The van der Waals surface area contributed by atoms with Crippen molar-refractivity contribution in [3.8, 4) is 0 Å². The molecule has 9 heteroatoms. The molecular weight excluding hydrogens is 569 g/mol. The third kappa shape index (κ3) is 4.42. The van der Waals surface area contributed by atoms with Gasteiger partial charge in [-0.2, -0.15) is 5.01 Å². The number of para-hydroxylation sites is 1. The first-order valence-corrected chi connectivity index (χ1v) is 15.4. The average molecular weight is 597 g/mol. The van der Waals surface area contributed by atoms with E-state index in [1.54, 1.807) is 0 Å². The summed E-state index contributed by atoms with van der Waals surface area (Å²) in [5, 5.41) is 3.51. The molecule has 4 saturated carbocycles. The number of fused-ring (bicyclic) bond motifs is 1. The molecule has 0 radical (unpaired) electrons. The van der Waals surface area contributed by atoms with Crippen LogP contribution in [0.3, 0.4) is 0 Å². The van der Waals surface area contributed by atoms with Gasteiger partial charge >= 0.3 is 0 Å². The minimum Gasteiger partial charge on any atom is -0.342 e. The van der Waals surface area contributed by atoms with E-state index in [4.69, 9.17) is 35.4 Å². The molecule has 5 aliphatic rings. The summed E-state index contributed by atoms with van der Waals surface area (Å²) < 4.78 is 2.44. The molecule has 2 amide bonds. The lowest BCUT2D eigenvalue weighted by molar-refractivity contribution is -0.152. The lowest BCUT2D eigenvalue weighted by Crippen LogP contribution is -2.57. The monoisotopic (exact) mass is 595 g/mol. The van der Waals surface area contributed by atoms with Gasteiger partial charge < -0.3 is 4.57 Å². The Morgan fingerprint density at radius 2 is 1.67 bits per heavy atom. The summed E-state index contributed by atoms with van der Waals surface area (Å²) in [5.41, 5.74) is 5.33. The molecule has 200 valence electrons. The number of hydrogen-bond donors (Lipinski definition) is 1. The SMILES string of the molecule is O=C1/C(=C/c2cn(Cc3c(Cl)cccc3Cl)c3ccccc23)SC(=S)N1NC(=O)C12CC3CC(CC(C3)C1)C2. The standard InChI is InChI=1S/C30H27Cl2N3O2S2/c31-23-5-3-6-24(32)22(23)16-34-15-20(21-4-1-2-7-25(21)34)11-26-27(36)35(29(38)39-26)33-28(37)30-12-17-8-18(13-30)10-19(9-17)14-30/h1-7,11,15,17-19H,8-10,12-14,16H2,(H,33,37)/b26-11-. The first-order valence-electron chi connectivity index (χ1n) is 13.4. The van der Waals surface area contributed by atoms with Crippen LogP contribution in [0, 0.1) is 23.2 Å². The molecule has 1 aliphatic heterocycles. The van der Waals surface area contributed by atoms with Gasteiger partial charge in [0.15, 0.2) is 4.32 Å². The highest BCUT2D eigenvalue weighted by atomic mass is 35.5. The molecule has 0 spiro atoms. The molecule has 8 rings (SSSR count). The van der Waals surface area contributed by atoms with Crippen molar-refractivity contribution in [3.63, 3.8) is 0 Å². The Kier molecular flexibility index (Phi) is 6.34. The van der Waals surface area contributed by atoms with Crippen molar-refractivity contribution in [2.24, 2.45) is 23.2 Å². The van der Waals surface area contributed by atoms with Gasteiger partial charge in [-0.25, -0.2) is 0 Å². The van der Waals surface area contributed by atoms with Gasteiger partial charge in [0.1, 0.15) is 0 Å². The number of thiocarbonyl (C=S) groups is 1. The molecule has 1 aromatic heterocycles. The minimum atomic E-state index is -0.352. The van der Waals surface area contributed by atoms with Crippen molar-refractivity contribution in [2.75, 3.05) is 0 Å². The Hall–Kier alpha value is -2.32. The van der Waals surface area contributed by atoms with E-state index in [1.807, 2.05) is 54.7 Å². The topological polar surface area (TPSA) is 54.3 Å². The van der Waals surface area contributed by atoms with Crippen LogP contribution in [0.15, 0.2) is 53.6 Å². The molecule has 1 saturated heterocycles. The third-order valence-corrected chi connectivity index (χ3v) is 11.0. The number of benzene rings is 2. The van der Waals surface area contributed by atoms with E-state index in [0.29, 0.717) is 43.6 Å². The quantitative estimate of drug-likeness (QED) is 0.246. The number of carbonyl (C=O) groups is 2. The van der Waals surface area contributed by atoms with Crippen molar-refractivity contribution in [1.82, 2.24) is 15.0 Å². The summed E-state index contributed by atoms with van der Waals surface area (Å²) >= 11 is 19.7. The number of amides is 2. The van der Waals surface area contributed by atoms with E-state index < -0.39 is 0 Å². The minimum absolute atomic E-state index is 0.0348. The fraction of sp³-hybridized carbons (Fsp3) is 0.367. The van der Waals surface area contributed by atoms with Crippen LogP contribution in [0.4, 0.5) is 0 Å². The highest BCUT2D eigenvalue weighted by Gasteiger charge is 2.55. The van der Waals surface area contributed by atoms with Crippen molar-refractivity contribution in [1.29, 1.82) is 0 Å². The predicted molar refractivity (Wildman–Crippen MR) is 161 cm³/mol.